The van der Waals surface area contributed by atoms with Gasteiger partial charge in [0.1, 0.15) is 6.33 Å². The zero-order valence-electron chi connectivity index (χ0n) is 9.92. The van der Waals surface area contributed by atoms with Gasteiger partial charge >= 0.3 is 0 Å². The number of hydrogen-bond donors (Lipinski definition) is 1. The lowest BCUT2D eigenvalue weighted by Crippen LogP contribution is -2.00. The second-order valence-electron chi connectivity index (χ2n) is 3.99. The average Bonchev–Trinajstić information content (AvgIpc) is 2.82. The number of rotatable bonds is 3. The van der Waals surface area contributed by atoms with Crippen molar-refractivity contribution in [3.8, 4) is 0 Å². The minimum absolute atomic E-state index is 0.668. The zero-order chi connectivity index (χ0) is 12.4. The Balaban J connectivity index is 1.81. The van der Waals surface area contributed by atoms with Crippen LogP contribution in [-0.2, 0) is 6.54 Å². The molecule has 0 fully saturated rings. The second-order valence-corrected chi connectivity index (χ2v) is 5.03. The van der Waals surface area contributed by atoms with Gasteiger partial charge in [-0.15, -0.1) is 0 Å². The summed E-state index contributed by atoms with van der Waals surface area (Å²) in [4.78, 5) is 12.7. The summed E-state index contributed by atoms with van der Waals surface area (Å²) < 4.78 is 1.21. The predicted octanol–water partition coefficient (Wildman–Crippen LogP) is 3.01. The molecule has 0 spiro atoms. The van der Waals surface area contributed by atoms with E-state index in [1.807, 2.05) is 6.07 Å². The van der Waals surface area contributed by atoms with Gasteiger partial charge in [-0.25, -0.2) is 15.0 Å². The number of aromatic nitrogens is 3. The highest BCUT2D eigenvalue weighted by molar-refractivity contribution is 7.22. The number of benzene rings is 1. The van der Waals surface area contributed by atoms with Gasteiger partial charge in [-0.3, -0.25) is 0 Å². The Labute approximate surface area is 109 Å². The van der Waals surface area contributed by atoms with Crippen LogP contribution < -0.4 is 5.32 Å². The maximum Gasteiger partial charge on any atom is 0.184 e. The molecule has 0 atom stereocenters. The molecule has 1 aromatic carbocycles. The summed E-state index contributed by atoms with van der Waals surface area (Å²) in [5.41, 5.74) is 3.24. The largest absolute Gasteiger partial charge is 0.356 e. The molecule has 0 saturated heterocycles. The van der Waals surface area contributed by atoms with Crippen LogP contribution >= 0.6 is 11.3 Å². The summed E-state index contributed by atoms with van der Waals surface area (Å²) in [5, 5.41) is 4.22. The summed E-state index contributed by atoms with van der Waals surface area (Å²) >= 11 is 1.67. The van der Waals surface area contributed by atoms with E-state index in [1.165, 1.54) is 10.3 Å². The van der Waals surface area contributed by atoms with E-state index in [9.17, 15) is 0 Å². The van der Waals surface area contributed by atoms with Gasteiger partial charge in [0.15, 0.2) is 5.13 Å². The molecule has 2 aromatic heterocycles. The highest BCUT2D eigenvalue weighted by Crippen LogP contribution is 2.27. The quantitative estimate of drug-likeness (QED) is 0.782. The highest BCUT2D eigenvalue weighted by Gasteiger charge is 2.05. The number of hydrogen-bond acceptors (Lipinski definition) is 5. The van der Waals surface area contributed by atoms with E-state index in [0.717, 1.165) is 16.3 Å². The molecule has 0 unspecified atom stereocenters. The molecule has 1 N–H and O–H groups in total. The summed E-state index contributed by atoms with van der Waals surface area (Å²) in [7, 11) is 0. The van der Waals surface area contributed by atoms with Crippen LogP contribution in [0, 0.1) is 6.92 Å². The van der Waals surface area contributed by atoms with Crippen molar-refractivity contribution in [2.45, 2.75) is 13.5 Å². The molecule has 0 aliphatic carbocycles. The lowest BCUT2D eigenvalue weighted by Gasteiger charge is -2.00. The van der Waals surface area contributed by atoms with Gasteiger partial charge in [-0.05, 0) is 24.6 Å². The number of nitrogens with zero attached hydrogens (tertiary/aromatic N) is 3. The third kappa shape index (κ3) is 2.17. The molecule has 18 heavy (non-hydrogen) atoms. The maximum absolute atomic E-state index is 4.59. The molecule has 0 aliphatic rings. The topological polar surface area (TPSA) is 50.7 Å². The molecule has 2 heterocycles. The molecular weight excluding hydrogens is 244 g/mol. The SMILES string of the molecule is Cc1cccc2sc(NCc3ccncn3)nc12. The average molecular weight is 256 g/mol. The van der Waals surface area contributed by atoms with Crippen LogP contribution in [0.25, 0.3) is 10.2 Å². The molecule has 0 aliphatic heterocycles. The minimum Gasteiger partial charge on any atom is -0.356 e. The number of nitrogens with one attached hydrogen (secondary N) is 1. The number of para-hydroxylation sites is 1. The first-order chi connectivity index (χ1) is 8.83. The van der Waals surface area contributed by atoms with E-state index in [1.54, 1.807) is 23.9 Å². The first-order valence-corrected chi connectivity index (χ1v) is 6.49. The molecule has 4 nitrogen and oxygen atoms in total. The lowest BCUT2D eigenvalue weighted by atomic mass is 10.2. The molecule has 90 valence electrons. The van der Waals surface area contributed by atoms with Crippen molar-refractivity contribution in [1.29, 1.82) is 0 Å². The molecule has 0 saturated carbocycles. The van der Waals surface area contributed by atoms with Gasteiger partial charge in [-0.2, -0.15) is 0 Å². The Bertz CT molecular complexity index is 663. The van der Waals surface area contributed by atoms with Gasteiger partial charge in [-0.1, -0.05) is 23.5 Å². The Morgan fingerprint density at radius 1 is 1.28 bits per heavy atom. The molecule has 3 aromatic rings. The van der Waals surface area contributed by atoms with Gasteiger partial charge in [0.05, 0.1) is 22.5 Å². The van der Waals surface area contributed by atoms with Crippen LogP contribution in [0.4, 0.5) is 5.13 Å². The number of anilines is 1. The maximum atomic E-state index is 4.59. The van der Waals surface area contributed by atoms with Gasteiger partial charge in [0.25, 0.3) is 0 Å². The van der Waals surface area contributed by atoms with Crippen molar-refractivity contribution in [3.63, 3.8) is 0 Å². The van der Waals surface area contributed by atoms with E-state index in [4.69, 9.17) is 0 Å². The molecule has 3 rings (SSSR count). The van der Waals surface area contributed by atoms with E-state index < -0.39 is 0 Å². The first kappa shape index (κ1) is 11.1. The monoisotopic (exact) mass is 256 g/mol. The number of fused-ring (bicyclic) bond motifs is 1. The van der Waals surface area contributed by atoms with Crippen molar-refractivity contribution in [2.75, 3.05) is 5.32 Å². The van der Waals surface area contributed by atoms with E-state index in [2.05, 4.69) is 45.4 Å². The third-order valence-electron chi connectivity index (χ3n) is 2.68. The second kappa shape index (κ2) is 4.70. The van der Waals surface area contributed by atoms with E-state index in [0.29, 0.717) is 6.54 Å². The van der Waals surface area contributed by atoms with Crippen molar-refractivity contribution >= 4 is 26.7 Å². The van der Waals surface area contributed by atoms with Crippen LogP contribution in [0.2, 0.25) is 0 Å². The van der Waals surface area contributed by atoms with Gasteiger partial charge in [0.2, 0.25) is 0 Å². The summed E-state index contributed by atoms with van der Waals surface area (Å²) in [6, 6.07) is 8.13. The summed E-state index contributed by atoms with van der Waals surface area (Å²) in [5.74, 6) is 0. The fourth-order valence-corrected chi connectivity index (χ4v) is 2.69. The lowest BCUT2D eigenvalue weighted by molar-refractivity contribution is 1.00. The standard InChI is InChI=1S/C13H12N4S/c1-9-3-2-4-11-12(9)17-13(18-11)15-7-10-5-6-14-8-16-10/h2-6,8H,7H2,1H3,(H,15,17). The Hall–Kier alpha value is -2.01. The van der Waals surface area contributed by atoms with Crippen LogP contribution in [0.15, 0.2) is 36.8 Å². The summed E-state index contributed by atoms with van der Waals surface area (Å²) in [6.45, 7) is 2.75. The molecular formula is C13H12N4S. The Kier molecular flexibility index (Phi) is 2.90. The van der Waals surface area contributed by atoms with Crippen molar-refractivity contribution in [3.05, 3.63) is 48.0 Å². The van der Waals surface area contributed by atoms with Crippen molar-refractivity contribution < 1.29 is 0 Å². The Morgan fingerprint density at radius 2 is 2.22 bits per heavy atom. The fourth-order valence-electron chi connectivity index (χ4n) is 1.75. The van der Waals surface area contributed by atoms with E-state index in [-0.39, 0.29) is 0 Å². The van der Waals surface area contributed by atoms with Crippen LogP contribution in [0.1, 0.15) is 11.3 Å². The van der Waals surface area contributed by atoms with Crippen molar-refractivity contribution in [2.24, 2.45) is 0 Å². The van der Waals surface area contributed by atoms with Crippen LogP contribution in [-0.4, -0.2) is 15.0 Å². The first-order valence-electron chi connectivity index (χ1n) is 5.68. The molecule has 5 heteroatoms. The van der Waals surface area contributed by atoms with E-state index >= 15 is 0 Å². The molecule has 0 radical (unpaired) electrons. The molecule has 0 bridgehead atoms. The minimum atomic E-state index is 0.668. The number of thiazole rings is 1. The van der Waals surface area contributed by atoms with Crippen molar-refractivity contribution in [1.82, 2.24) is 15.0 Å². The highest BCUT2D eigenvalue weighted by atomic mass is 32.1. The van der Waals surface area contributed by atoms with Crippen LogP contribution in [0.3, 0.4) is 0 Å². The predicted molar refractivity (Wildman–Crippen MR) is 73.7 cm³/mol. The van der Waals surface area contributed by atoms with Crippen LogP contribution in [0.5, 0.6) is 0 Å². The fraction of sp³-hybridized carbons (Fsp3) is 0.154. The number of aryl methyl sites for hydroxylation is 1. The normalized spacial score (nSPS) is 10.7. The third-order valence-corrected chi connectivity index (χ3v) is 3.66. The smallest absolute Gasteiger partial charge is 0.184 e. The molecule has 0 amide bonds. The Morgan fingerprint density at radius 3 is 3.00 bits per heavy atom. The van der Waals surface area contributed by atoms with Gasteiger partial charge < -0.3 is 5.32 Å². The van der Waals surface area contributed by atoms with Gasteiger partial charge in [0, 0.05) is 6.20 Å². The summed E-state index contributed by atoms with van der Waals surface area (Å²) in [6.07, 6.45) is 3.30. The zero-order valence-corrected chi connectivity index (χ0v) is 10.7.